The van der Waals surface area contributed by atoms with Gasteiger partial charge < -0.3 is 15.6 Å². The van der Waals surface area contributed by atoms with Crippen molar-refractivity contribution in [1.82, 2.24) is 4.31 Å². The molecule has 1 atom stereocenters. The minimum atomic E-state index is -4.59. The smallest absolute Gasteiger partial charge is 0.424 e. The van der Waals surface area contributed by atoms with Crippen LogP contribution in [0.25, 0.3) is 21.9 Å². The second kappa shape index (κ2) is 11.5. The maximum absolute atomic E-state index is 13.9. The van der Waals surface area contributed by atoms with E-state index in [0.717, 1.165) is 27.6 Å². The average Bonchev–Trinajstić information content (AvgIpc) is 3.28. The van der Waals surface area contributed by atoms with Crippen LogP contribution in [0.4, 0.5) is 4.79 Å². The van der Waals surface area contributed by atoms with E-state index >= 15 is 0 Å². The molecule has 0 saturated heterocycles. The van der Waals surface area contributed by atoms with E-state index in [-0.39, 0.29) is 23.8 Å². The van der Waals surface area contributed by atoms with Crippen molar-refractivity contribution >= 4 is 32.9 Å². The molecule has 3 N–H and O–H groups in total. The lowest BCUT2D eigenvalue weighted by Gasteiger charge is -2.28. The summed E-state index contributed by atoms with van der Waals surface area (Å²) in [6, 6.07) is 25.5. The van der Waals surface area contributed by atoms with Crippen molar-refractivity contribution in [1.29, 1.82) is 0 Å². The topological polar surface area (TPSA) is 127 Å². The van der Waals surface area contributed by atoms with Gasteiger partial charge in [-0.15, -0.1) is 0 Å². The van der Waals surface area contributed by atoms with Crippen molar-refractivity contribution in [2.45, 2.75) is 36.1 Å². The molecule has 0 aliphatic heterocycles. The summed E-state index contributed by atoms with van der Waals surface area (Å²) in [5.41, 5.74) is 9.53. The van der Waals surface area contributed by atoms with Gasteiger partial charge in [0.2, 0.25) is 0 Å². The molecule has 0 saturated carbocycles. The third kappa shape index (κ3) is 5.17. The number of amides is 1. The number of carbonyl (C=O) groups is 2. The molecule has 40 heavy (non-hydrogen) atoms. The molecule has 8 nitrogen and oxygen atoms in total. The average molecular weight is 559 g/mol. The lowest BCUT2D eigenvalue weighted by Crippen LogP contribution is -2.49. The van der Waals surface area contributed by atoms with Gasteiger partial charge in [-0.3, -0.25) is 0 Å². The number of carboxylic acids is 1. The first kappa shape index (κ1) is 27.4. The number of aliphatic carboxylic acids is 1. The van der Waals surface area contributed by atoms with E-state index < -0.39 is 28.1 Å². The van der Waals surface area contributed by atoms with Crippen LogP contribution in [0, 0.1) is 0 Å². The van der Waals surface area contributed by atoms with Crippen LogP contribution in [0.5, 0.6) is 0 Å². The van der Waals surface area contributed by atoms with E-state index in [1.807, 2.05) is 60.7 Å². The molecule has 1 amide bonds. The molecule has 0 bridgehead atoms. The number of rotatable bonds is 10. The maximum atomic E-state index is 13.9. The van der Waals surface area contributed by atoms with Crippen LogP contribution in [0.15, 0.2) is 95.9 Å². The largest absolute Gasteiger partial charge is 0.480 e. The van der Waals surface area contributed by atoms with Gasteiger partial charge in [0.15, 0.2) is 0 Å². The molecular weight excluding hydrogens is 528 g/mol. The van der Waals surface area contributed by atoms with Crippen molar-refractivity contribution in [3.63, 3.8) is 0 Å². The lowest BCUT2D eigenvalue weighted by atomic mass is 9.98. The number of ether oxygens (including phenoxy) is 1. The number of benzene rings is 4. The lowest BCUT2D eigenvalue weighted by molar-refractivity contribution is -0.141. The fraction of sp³-hybridized carbons (Fsp3) is 0.226. The van der Waals surface area contributed by atoms with Gasteiger partial charge in [0, 0.05) is 5.92 Å². The molecule has 0 radical (unpaired) electrons. The summed E-state index contributed by atoms with van der Waals surface area (Å²) in [5, 5.41) is 11.5. The molecule has 1 aliphatic carbocycles. The van der Waals surface area contributed by atoms with E-state index in [2.05, 4.69) is 0 Å². The molecule has 206 valence electrons. The Labute approximate surface area is 233 Å². The SMILES string of the molecule is NCCCC[C@@H](C(=O)O)N(C(=O)OCC1c2ccccc2-c2ccccc21)S(=O)(=O)c1ccc2ccccc2c1. The maximum Gasteiger partial charge on any atom is 0.424 e. The Morgan fingerprint density at radius 3 is 2.08 bits per heavy atom. The summed E-state index contributed by atoms with van der Waals surface area (Å²) in [6.45, 7) is 0.167. The Morgan fingerprint density at radius 2 is 1.45 bits per heavy atom. The van der Waals surface area contributed by atoms with Crippen molar-refractivity contribution in [3.8, 4) is 11.1 Å². The fourth-order valence-electron chi connectivity index (χ4n) is 5.31. The molecule has 4 aromatic rings. The molecule has 1 aliphatic rings. The van der Waals surface area contributed by atoms with Gasteiger partial charge in [-0.1, -0.05) is 78.9 Å². The van der Waals surface area contributed by atoms with E-state index in [1.165, 1.54) is 12.1 Å². The highest BCUT2D eigenvalue weighted by Crippen LogP contribution is 2.44. The van der Waals surface area contributed by atoms with E-state index in [1.54, 1.807) is 18.2 Å². The fourth-order valence-corrected chi connectivity index (χ4v) is 6.84. The van der Waals surface area contributed by atoms with E-state index in [0.29, 0.717) is 29.1 Å². The highest BCUT2D eigenvalue weighted by Gasteiger charge is 2.41. The van der Waals surface area contributed by atoms with E-state index in [9.17, 15) is 23.1 Å². The molecule has 0 fully saturated rings. The number of unbranched alkanes of at least 4 members (excludes halogenated alkanes) is 1. The molecule has 4 aromatic carbocycles. The van der Waals surface area contributed by atoms with Gasteiger partial charge in [0.25, 0.3) is 10.0 Å². The molecule has 5 rings (SSSR count). The van der Waals surface area contributed by atoms with Crippen LogP contribution < -0.4 is 5.73 Å². The Morgan fingerprint density at radius 1 is 0.850 bits per heavy atom. The van der Waals surface area contributed by atoms with Crippen LogP contribution in [0.3, 0.4) is 0 Å². The minimum Gasteiger partial charge on any atom is -0.480 e. The van der Waals surface area contributed by atoms with E-state index in [4.69, 9.17) is 10.5 Å². The summed E-state index contributed by atoms with van der Waals surface area (Å²) < 4.78 is 33.9. The van der Waals surface area contributed by atoms with Crippen LogP contribution in [-0.2, 0) is 19.6 Å². The Hall–Kier alpha value is -4.21. The molecule has 0 aromatic heterocycles. The quantitative estimate of drug-likeness (QED) is 0.251. The van der Waals surface area contributed by atoms with Gasteiger partial charge in [0.05, 0.1) is 4.90 Å². The highest BCUT2D eigenvalue weighted by molar-refractivity contribution is 7.89. The van der Waals surface area contributed by atoms with Crippen molar-refractivity contribution in [2.75, 3.05) is 13.2 Å². The normalized spacial score (nSPS) is 13.4. The summed E-state index contributed by atoms with van der Waals surface area (Å²) in [5.74, 6) is -1.75. The van der Waals surface area contributed by atoms with Crippen LogP contribution in [0.2, 0.25) is 0 Å². The van der Waals surface area contributed by atoms with Crippen LogP contribution >= 0.6 is 0 Å². The molecule has 0 heterocycles. The number of carboxylic acid groups (broad SMARTS) is 1. The highest BCUT2D eigenvalue weighted by atomic mass is 32.2. The van der Waals surface area contributed by atoms with Gasteiger partial charge >= 0.3 is 12.1 Å². The van der Waals surface area contributed by atoms with Gasteiger partial charge in [0.1, 0.15) is 12.6 Å². The molecule has 0 spiro atoms. The summed E-state index contributed by atoms with van der Waals surface area (Å²) in [6.07, 6.45) is -0.509. The standard InChI is InChI=1S/C31H30N2O6S/c32-18-8-7-15-29(30(34)35)33(40(37,38)23-17-16-21-9-1-2-10-22(21)19-23)31(36)39-20-28-26-13-5-3-11-24(26)25-12-4-6-14-27(25)28/h1-6,9-14,16-17,19,28-29H,7-8,15,18,20,32H2,(H,34,35)/t29-/m0/s1. The number of hydrogen-bond donors (Lipinski definition) is 2. The van der Waals surface area contributed by atoms with Crippen molar-refractivity contribution in [2.24, 2.45) is 5.73 Å². The van der Waals surface area contributed by atoms with Gasteiger partial charge in [-0.05, 0) is 71.0 Å². The number of nitrogens with zero attached hydrogens (tertiary/aromatic N) is 1. The Bertz CT molecular complexity index is 1620. The number of carbonyl (C=O) groups excluding carboxylic acids is 1. The minimum absolute atomic E-state index is 0.0937. The monoisotopic (exact) mass is 558 g/mol. The second-order valence-corrected chi connectivity index (χ2v) is 11.6. The summed E-state index contributed by atoms with van der Waals surface area (Å²) >= 11 is 0. The van der Waals surface area contributed by atoms with Crippen molar-refractivity contribution < 1.29 is 27.9 Å². The first-order chi connectivity index (χ1) is 19.3. The molecular formula is C31H30N2O6S. The molecule has 0 unspecified atom stereocenters. The molecule has 9 heteroatoms. The Balaban J connectivity index is 1.49. The van der Waals surface area contributed by atoms with Crippen LogP contribution in [0.1, 0.15) is 36.3 Å². The predicted molar refractivity (Wildman–Crippen MR) is 152 cm³/mol. The zero-order valence-electron chi connectivity index (χ0n) is 21.8. The number of hydrogen-bond acceptors (Lipinski definition) is 6. The second-order valence-electron chi connectivity index (χ2n) is 9.75. The zero-order chi connectivity index (χ0) is 28.3. The predicted octanol–water partition coefficient (Wildman–Crippen LogP) is 5.36. The van der Waals surface area contributed by atoms with Gasteiger partial charge in [-0.2, -0.15) is 4.31 Å². The summed E-state index contributed by atoms with van der Waals surface area (Å²) in [4.78, 5) is 25.8. The third-order valence-corrected chi connectivity index (χ3v) is 9.06. The number of fused-ring (bicyclic) bond motifs is 4. The first-order valence-corrected chi connectivity index (χ1v) is 14.6. The first-order valence-electron chi connectivity index (χ1n) is 13.1. The third-order valence-electron chi connectivity index (χ3n) is 7.29. The Kier molecular flexibility index (Phi) is 7.86. The number of nitrogens with two attached hydrogens (primary N) is 1. The van der Waals surface area contributed by atoms with Crippen LogP contribution in [-0.4, -0.2) is 49.1 Å². The summed E-state index contributed by atoms with van der Waals surface area (Å²) in [7, 11) is -4.59. The van der Waals surface area contributed by atoms with Crippen molar-refractivity contribution in [3.05, 3.63) is 102 Å². The number of sulfonamides is 1. The zero-order valence-corrected chi connectivity index (χ0v) is 22.6. The van der Waals surface area contributed by atoms with Gasteiger partial charge in [-0.25, -0.2) is 18.0 Å².